The maximum Gasteiger partial charge on any atom is 0.494 e. The fraction of sp³-hybridized carbons (Fsp3) is 0.579. The van der Waals surface area contributed by atoms with Gasteiger partial charge in [-0.3, -0.25) is 19.8 Å². The molecule has 0 aliphatic carbocycles. The van der Waals surface area contributed by atoms with Crippen molar-refractivity contribution < 1.29 is 18.9 Å². The number of hydrogen-bond acceptors (Lipinski definition) is 5. The van der Waals surface area contributed by atoms with Gasteiger partial charge in [-0.15, -0.1) is 0 Å². The number of benzene rings is 1. The molecule has 1 atom stereocenters. The molecule has 1 aromatic carbocycles. The highest BCUT2D eigenvalue weighted by atomic mass is 16.7. The molecule has 2 fully saturated rings. The molecule has 138 valence electrons. The zero-order valence-corrected chi connectivity index (χ0v) is 15.8. The second kappa shape index (κ2) is 5.91. The number of hydrogen-bond donors (Lipinski definition) is 1. The highest BCUT2D eigenvalue weighted by Crippen LogP contribution is 2.37. The first kappa shape index (κ1) is 17.7. The minimum atomic E-state index is -0.380. The van der Waals surface area contributed by atoms with Crippen LogP contribution in [0.2, 0.25) is 0 Å². The molecule has 3 heterocycles. The minimum absolute atomic E-state index is 0.175. The van der Waals surface area contributed by atoms with Gasteiger partial charge >= 0.3 is 7.12 Å². The molecule has 1 N–H and O–H groups in total. The number of carbonyl (C=O) groups is 2. The van der Waals surface area contributed by atoms with Crippen molar-refractivity contribution in [3.63, 3.8) is 0 Å². The Hall–Kier alpha value is -1.70. The first-order valence-electron chi connectivity index (χ1n) is 9.21. The third-order valence-corrected chi connectivity index (χ3v) is 6.15. The summed E-state index contributed by atoms with van der Waals surface area (Å²) in [6.45, 7) is 9.62. The van der Waals surface area contributed by atoms with Gasteiger partial charge in [-0.2, -0.15) is 0 Å². The fourth-order valence-electron chi connectivity index (χ4n) is 3.82. The van der Waals surface area contributed by atoms with Crippen LogP contribution in [-0.4, -0.2) is 41.1 Å². The van der Waals surface area contributed by atoms with Gasteiger partial charge in [0.25, 0.3) is 0 Å². The summed E-state index contributed by atoms with van der Waals surface area (Å²) in [6.07, 6.45) is 0.991. The summed E-state index contributed by atoms with van der Waals surface area (Å²) >= 11 is 0. The molecule has 0 aromatic heterocycles. The van der Waals surface area contributed by atoms with Gasteiger partial charge in [0.15, 0.2) is 0 Å². The van der Waals surface area contributed by atoms with Crippen LogP contribution in [0.15, 0.2) is 18.2 Å². The number of imide groups is 1. The van der Waals surface area contributed by atoms with Crippen molar-refractivity contribution in [2.45, 2.75) is 70.9 Å². The lowest BCUT2D eigenvalue weighted by molar-refractivity contribution is -0.137. The summed E-state index contributed by atoms with van der Waals surface area (Å²) in [6, 6.07) is 6.04. The molecule has 2 amide bonds. The molecule has 0 spiro atoms. The van der Waals surface area contributed by atoms with Gasteiger partial charge in [-0.1, -0.05) is 18.2 Å². The number of amides is 2. The Balaban J connectivity index is 1.51. The third kappa shape index (κ3) is 2.88. The molecule has 1 unspecified atom stereocenters. The second-order valence-electron chi connectivity index (χ2n) is 8.49. The van der Waals surface area contributed by atoms with Crippen molar-refractivity contribution in [1.29, 1.82) is 0 Å². The second-order valence-corrected chi connectivity index (χ2v) is 8.49. The maximum atomic E-state index is 12.1. The Labute approximate surface area is 154 Å². The molecule has 3 aliphatic heterocycles. The number of nitrogens with one attached hydrogen (secondary N) is 1. The normalized spacial score (nSPS) is 27.5. The van der Waals surface area contributed by atoms with Crippen molar-refractivity contribution in [3.05, 3.63) is 29.3 Å². The van der Waals surface area contributed by atoms with Crippen LogP contribution in [0.1, 0.15) is 51.7 Å². The number of fused-ring (bicyclic) bond motifs is 1. The van der Waals surface area contributed by atoms with E-state index in [9.17, 15) is 9.59 Å². The van der Waals surface area contributed by atoms with Gasteiger partial charge in [0, 0.05) is 19.5 Å². The van der Waals surface area contributed by atoms with Crippen LogP contribution < -0.4 is 10.8 Å². The Morgan fingerprint density at radius 3 is 2.38 bits per heavy atom. The smallest absolute Gasteiger partial charge is 0.399 e. The first-order chi connectivity index (χ1) is 12.2. The summed E-state index contributed by atoms with van der Waals surface area (Å²) in [7, 11) is -0.380. The molecular weight excluding hydrogens is 331 g/mol. The van der Waals surface area contributed by atoms with Gasteiger partial charge in [-0.25, -0.2) is 0 Å². The molecule has 4 rings (SSSR count). The highest BCUT2D eigenvalue weighted by molar-refractivity contribution is 6.62. The van der Waals surface area contributed by atoms with Gasteiger partial charge in [0.05, 0.1) is 17.2 Å². The van der Waals surface area contributed by atoms with Crippen LogP contribution in [-0.2, 0) is 32.0 Å². The van der Waals surface area contributed by atoms with E-state index in [4.69, 9.17) is 9.31 Å². The predicted molar refractivity (Wildman–Crippen MR) is 97.6 cm³/mol. The van der Waals surface area contributed by atoms with E-state index in [0.717, 1.165) is 12.0 Å². The van der Waals surface area contributed by atoms with Crippen LogP contribution in [0.5, 0.6) is 0 Å². The number of piperidine rings is 1. The van der Waals surface area contributed by atoms with E-state index < -0.39 is 0 Å². The van der Waals surface area contributed by atoms with Crippen LogP contribution in [0.4, 0.5) is 0 Å². The largest absolute Gasteiger partial charge is 0.494 e. The lowest BCUT2D eigenvalue weighted by atomic mass is 9.78. The van der Waals surface area contributed by atoms with E-state index in [2.05, 4.69) is 28.4 Å². The van der Waals surface area contributed by atoms with Gasteiger partial charge < -0.3 is 9.31 Å². The summed E-state index contributed by atoms with van der Waals surface area (Å²) in [5.41, 5.74) is 2.69. The Kier molecular flexibility index (Phi) is 4.02. The number of rotatable bonds is 2. The molecule has 2 saturated heterocycles. The van der Waals surface area contributed by atoms with E-state index >= 15 is 0 Å². The van der Waals surface area contributed by atoms with E-state index in [1.54, 1.807) is 0 Å². The minimum Gasteiger partial charge on any atom is -0.399 e. The SMILES string of the molecule is CC1(C)OB(c2ccc3c(c2)CN(C2CCC(=O)NC2=O)C3)OC1(C)C. The van der Waals surface area contributed by atoms with E-state index in [0.29, 0.717) is 19.4 Å². The van der Waals surface area contributed by atoms with Crippen LogP contribution in [0, 0.1) is 0 Å². The molecule has 26 heavy (non-hydrogen) atoms. The maximum absolute atomic E-state index is 12.1. The predicted octanol–water partition coefficient (Wildman–Crippen LogP) is 1.11. The molecule has 0 radical (unpaired) electrons. The van der Waals surface area contributed by atoms with E-state index in [1.807, 2.05) is 27.7 Å². The van der Waals surface area contributed by atoms with Gasteiger partial charge in [0.2, 0.25) is 11.8 Å². The van der Waals surface area contributed by atoms with Gasteiger partial charge in [0.1, 0.15) is 0 Å². The Bertz CT molecular complexity index is 761. The molecule has 3 aliphatic rings. The average Bonchev–Trinajstić information content (AvgIpc) is 3.04. The topological polar surface area (TPSA) is 67.9 Å². The zero-order chi connectivity index (χ0) is 18.7. The van der Waals surface area contributed by atoms with Crippen LogP contribution >= 0.6 is 0 Å². The fourth-order valence-corrected chi connectivity index (χ4v) is 3.82. The molecule has 7 heteroatoms. The Morgan fingerprint density at radius 2 is 1.73 bits per heavy atom. The van der Waals surface area contributed by atoms with Crippen molar-refractivity contribution in [2.75, 3.05) is 0 Å². The van der Waals surface area contributed by atoms with E-state index in [1.165, 1.54) is 11.1 Å². The zero-order valence-electron chi connectivity index (χ0n) is 15.8. The highest BCUT2D eigenvalue weighted by Gasteiger charge is 2.51. The van der Waals surface area contributed by atoms with Gasteiger partial charge in [-0.05, 0) is 50.7 Å². The molecular formula is C19H25BN2O4. The molecule has 0 saturated carbocycles. The Morgan fingerprint density at radius 1 is 1.08 bits per heavy atom. The first-order valence-corrected chi connectivity index (χ1v) is 9.21. The van der Waals surface area contributed by atoms with Crippen molar-refractivity contribution in [3.8, 4) is 0 Å². The lowest BCUT2D eigenvalue weighted by Gasteiger charge is -2.32. The van der Waals surface area contributed by atoms with Crippen molar-refractivity contribution in [1.82, 2.24) is 10.2 Å². The average molecular weight is 356 g/mol. The quantitative estimate of drug-likeness (QED) is 0.635. The summed E-state index contributed by atoms with van der Waals surface area (Å²) in [4.78, 5) is 25.7. The summed E-state index contributed by atoms with van der Waals surface area (Å²) < 4.78 is 12.3. The monoisotopic (exact) mass is 356 g/mol. The van der Waals surface area contributed by atoms with Crippen LogP contribution in [0.25, 0.3) is 0 Å². The number of carbonyl (C=O) groups excluding carboxylic acids is 2. The van der Waals surface area contributed by atoms with Crippen LogP contribution in [0.3, 0.4) is 0 Å². The molecule has 0 bridgehead atoms. The summed E-state index contributed by atoms with van der Waals surface area (Å²) in [5, 5.41) is 2.45. The van der Waals surface area contributed by atoms with E-state index in [-0.39, 0.29) is 36.2 Å². The molecule has 1 aromatic rings. The number of nitrogens with zero attached hydrogens (tertiary/aromatic N) is 1. The lowest BCUT2D eigenvalue weighted by Crippen LogP contribution is -2.50. The van der Waals surface area contributed by atoms with Crippen molar-refractivity contribution in [2.24, 2.45) is 0 Å². The van der Waals surface area contributed by atoms with Crippen molar-refractivity contribution >= 4 is 24.4 Å². The summed E-state index contributed by atoms with van der Waals surface area (Å²) in [5.74, 6) is -0.355. The third-order valence-electron chi connectivity index (χ3n) is 6.15. The molecule has 6 nitrogen and oxygen atoms in total. The standard InChI is InChI=1S/C19H25BN2O4/c1-18(2)19(3,4)26-20(25-18)14-6-5-12-10-22(11-13(12)9-14)15-7-8-16(23)21-17(15)24/h5-6,9,15H,7-8,10-11H2,1-4H3,(H,21,23,24).